The van der Waals surface area contributed by atoms with Crippen LogP contribution in [-0.4, -0.2) is 70.7 Å². The van der Waals surface area contributed by atoms with Crippen LogP contribution in [-0.2, 0) is 25.7 Å². The summed E-state index contributed by atoms with van der Waals surface area (Å²) in [4.78, 5) is 45.7. The summed E-state index contributed by atoms with van der Waals surface area (Å²) in [6.07, 6.45) is 1.52. The predicted molar refractivity (Wildman–Crippen MR) is 157 cm³/mol. The van der Waals surface area contributed by atoms with E-state index in [0.717, 1.165) is 24.3 Å². The van der Waals surface area contributed by atoms with Crippen LogP contribution in [0.3, 0.4) is 0 Å². The van der Waals surface area contributed by atoms with Gasteiger partial charge in [0, 0.05) is 31.0 Å². The van der Waals surface area contributed by atoms with E-state index in [2.05, 4.69) is 29.4 Å². The summed E-state index contributed by atoms with van der Waals surface area (Å²) in [6.45, 7) is 9.76. The van der Waals surface area contributed by atoms with Crippen LogP contribution < -0.4 is 15.5 Å². The van der Waals surface area contributed by atoms with Gasteiger partial charge >= 0.3 is 0 Å². The molecule has 3 N–H and O–H groups in total. The van der Waals surface area contributed by atoms with Crippen molar-refractivity contribution in [3.05, 3.63) is 60.2 Å². The summed E-state index contributed by atoms with van der Waals surface area (Å²) < 4.78 is 6.68. The first-order valence-corrected chi connectivity index (χ1v) is 14.8. The molecule has 2 aromatic carbocycles. The Morgan fingerprint density at radius 1 is 1.05 bits per heavy atom. The molecule has 0 saturated carbocycles. The maximum Gasteiger partial charge on any atom is 0.250 e. The summed E-state index contributed by atoms with van der Waals surface area (Å²) in [6, 6.07) is 15.7. The molecule has 2 aromatic rings. The Bertz CT molecular complexity index is 1260. The maximum atomic E-state index is 14.2. The minimum absolute atomic E-state index is 0.249. The summed E-state index contributed by atoms with van der Waals surface area (Å²) in [7, 11) is 0. The SMILES string of the molecule is CC[C@@H](CO)N1C(=O)[C@@H]2[C@@H](C(=O)NCc3ccccc3)[C@@]3(C)CCC2(O3)C1C(=O)Nc1ccc(N(CC)CC)cc1. The van der Waals surface area contributed by atoms with Crippen molar-refractivity contribution in [1.29, 1.82) is 0 Å². The van der Waals surface area contributed by atoms with E-state index in [9.17, 15) is 19.5 Å². The number of hydrogen-bond donors (Lipinski definition) is 3. The van der Waals surface area contributed by atoms with Gasteiger partial charge in [-0.15, -0.1) is 0 Å². The highest BCUT2D eigenvalue weighted by Crippen LogP contribution is 2.63. The fourth-order valence-electron chi connectivity index (χ4n) is 7.32. The first kappa shape index (κ1) is 29.1. The molecule has 2 bridgehead atoms. The molecule has 41 heavy (non-hydrogen) atoms. The van der Waals surface area contributed by atoms with Crippen LogP contribution in [0.5, 0.6) is 0 Å². The second-order valence-electron chi connectivity index (χ2n) is 11.6. The van der Waals surface area contributed by atoms with Gasteiger partial charge < -0.3 is 30.3 Å². The average Bonchev–Trinajstić information content (AvgIpc) is 3.55. The molecule has 220 valence electrons. The molecule has 3 aliphatic heterocycles. The first-order valence-electron chi connectivity index (χ1n) is 14.8. The topological polar surface area (TPSA) is 111 Å². The molecule has 5 rings (SSSR count). The van der Waals surface area contributed by atoms with E-state index in [1.54, 1.807) is 0 Å². The highest BCUT2D eigenvalue weighted by atomic mass is 16.5. The van der Waals surface area contributed by atoms with Crippen molar-refractivity contribution in [3.8, 4) is 0 Å². The van der Waals surface area contributed by atoms with Crippen LogP contribution in [0.15, 0.2) is 54.6 Å². The van der Waals surface area contributed by atoms with E-state index < -0.39 is 35.1 Å². The van der Waals surface area contributed by atoms with Crippen molar-refractivity contribution >= 4 is 29.1 Å². The molecule has 3 heterocycles. The largest absolute Gasteiger partial charge is 0.394 e. The Kier molecular flexibility index (Phi) is 8.12. The van der Waals surface area contributed by atoms with E-state index in [4.69, 9.17) is 4.74 Å². The van der Waals surface area contributed by atoms with E-state index >= 15 is 0 Å². The van der Waals surface area contributed by atoms with Gasteiger partial charge in [-0.05, 0) is 69.9 Å². The van der Waals surface area contributed by atoms with Crippen molar-refractivity contribution in [3.63, 3.8) is 0 Å². The fourth-order valence-corrected chi connectivity index (χ4v) is 7.32. The molecule has 3 fully saturated rings. The number of ether oxygens (including phenoxy) is 1. The maximum absolute atomic E-state index is 14.2. The number of likely N-dealkylation sites (tertiary alicyclic amines) is 1. The Balaban J connectivity index is 1.44. The summed E-state index contributed by atoms with van der Waals surface area (Å²) in [5.41, 5.74) is 0.628. The molecule has 2 unspecified atom stereocenters. The normalized spacial score (nSPS) is 28.9. The molecule has 0 aliphatic carbocycles. The third-order valence-electron chi connectivity index (χ3n) is 9.39. The van der Waals surface area contributed by atoms with Crippen molar-refractivity contribution < 1.29 is 24.2 Å². The van der Waals surface area contributed by atoms with E-state index in [-0.39, 0.29) is 24.3 Å². The fraction of sp³-hybridized carbons (Fsp3) is 0.531. The lowest BCUT2D eigenvalue weighted by atomic mass is 9.66. The number of fused-ring (bicyclic) bond motifs is 1. The third-order valence-corrected chi connectivity index (χ3v) is 9.39. The lowest BCUT2D eigenvalue weighted by Gasteiger charge is -2.36. The predicted octanol–water partition coefficient (Wildman–Crippen LogP) is 3.32. The number of amides is 3. The van der Waals surface area contributed by atoms with Gasteiger partial charge in [0.1, 0.15) is 11.6 Å². The molecule has 9 nitrogen and oxygen atoms in total. The van der Waals surface area contributed by atoms with Gasteiger partial charge in [0.15, 0.2) is 0 Å². The highest BCUT2D eigenvalue weighted by Gasteiger charge is 2.78. The van der Waals surface area contributed by atoms with E-state index in [0.29, 0.717) is 31.5 Å². The van der Waals surface area contributed by atoms with Gasteiger partial charge in [-0.3, -0.25) is 14.4 Å². The lowest BCUT2D eigenvalue weighted by Crippen LogP contribution is -2.56. The van der Waals surface area contributed by atoms with Crippen LogP contribution in [0.2, 0.25) is 0 Å². The zero-order valence-corrected chi connectivity index (χ0v) is 24.4. The van der Waals surface area contributed by atoms with Gasteiger partial charge in [0.05, 0.1) is 30.1 Å². The molecule has 0 radical (unpaired) electrons. The van der Waals surface area contributed by atoms with Crippen LogP contribution in [0, 0.1) is 11.8 Å². The minimum Gasteiger partial charge on any atom is -0.394 e. The minimum atomic E-state index is -1.14. The van der Waals surface area contributed by atoms with Crippen LogP contribution in [0.4, 0.5) is 11.4 Å². The molecule has 3 aliphatic rings. The number of nitrogens with one attached hydrogen (secondary N) is 2. The molecule has 3 saturated heterocycles. The Morgan fingerprint density at radius 2 is 1.73 bits per heavy atom. The van der Waals surface area contributed by atoms with Crippen LogP contribution in [0.1, 0.15) is 52.5 Å². The summed E-state index contributed by atoms with van der Waals surface area (Å²) >= 11 is 0. The molecule has 3 amide bonds. The number of aliphatic hydroxyl groups excluding tert-OH is 1. The second kappa shape index (κ2) is 11.4. The molecular weight excluding hydrogens is 520 g/mol. The molecule has 6 atom stereocenters. The first-order chi connectivity index (χ1) is 19.7. The monoisotopic (exact) mass is 562 g/mol. The van der Waals surface area contributed by atoms with Gasteiger partial charge in [-0.2, -0.15) is 0 Å². The number of carbonyl (C=O) groups is 3. The molecule has 1 spiro atoms. The number of benzene rings is 2. The molecule has 9 heteroatoms. The Hall–Kier alpha value is -3.43. The number of carbonyl (C=O) groups excluding carboxylic acids is 3. The van der Waals surface area contributed by atoms with Gasteiger partial charge in [0.25, 0.3) is 0 Å². The number of aliphatic hydroxyl groups is 1. The molecular formula is C32H42N4O5. The van der Waals surface area contributed by atoms with Gasteiger partial charge in [-0.25, -0.2) is 0 Å². The highest BCUT2D eigenvalue weighted by molar-refractivity contribution is 6.04. The standard InChI is InChI=1S/C32H42N4O5/c1-5-23(20-37)36-27(29(39)34-22-13-15-24(16-14-22)35(6-2)7-3)32-18-17-31(4,41-32)25(26(32)30(36)40)28(38)33-19-21-11-9-8-10-12-21/h8-16,23,25-27,37H,5-7,17-20H2,1-4H3,(H,33,38)(H,34,39)/t23-,25-,26-,27?,31+,32?/m0/s1. The number of nitrogens with zero attached hydrogens (tertiary/aromatic N) is 2. The smallest absolute Gasteiger partial charge is 0.250 e. The van der Waals surface area contributed by atoms with E-state index in [1.807, 2.05) is 68.4 Å². The number of anilines is 2. The van der Waals surface area contributed by atoms with Crippen LogP contribution in [0.25, 0.3) is 0 Å². The Morgan fingerprint density at radius 3 is 2.34 bits per heavy atom. The van der Waals surface area contributed by atoms with Crippen molar-refractivity contribution in [2.75, 3.05) is 29.9 Å². The summed E-state index contributed by atoms with van der Waals surface area (Å²) in [5, 5.41) is 16.3. The van der Waals surface area contributed by atoms with Gasteiger partial charge in [-0.1, -0.05) is 37.3 Å². The number of rotatable bonds is 11. The quantitative estimate of drug-likeness (QED) is 0.388. The van der Waals surface area contributed by atoms with Crippen LogP contribution >= 0.6 is 0 Å². The lowest BCUT2D eigenvalue weighted by molar-refractivity contribution is -0.148. The average molecular weight is 563 g/mol. The molecule has 0 aromatic heterocycles. The second-order valence-corrected chi connectivity index (χ2v) is 11.6. The Labute approximate surface area is 242 Å². The van der Waals surface area contributed by atoms with Crippen molar-refractivity contribution in [1.82, 2.24) is 10.2 Å². The summed E-state index contributed by atoms with van der Waals surface area (Å²) in [5.74, 6) is -2.46. The number of hydrogen-bond acceptors (Lipinski definition) is 6. The van der Waals surface area contributed by atoms with Crippen molar-refractivity contribution in [2.45, 2.75) is 76.8 Å². The zero-order chi connectivity index (χ0) is 29.4. The van der Waals surface area contributed by atoms with Crippen molar-refractivity contribution in [2.24, 2.45) is 11.8 Å². The van der Waals surface area contributed by atoms with Gasteiger partial charge in [0.2, 0.25) is 17.7 Å². The zero-order valence-electron chi connectivity index (χ0n) is 24.4. The third kappa shape index (κ3) is 4.89. The van der Waals surface area contributed by atoms with E-state index in [1.165, 1.54) is 4.90 Å².